The molecule has 474 valence electrons. The molecule has 0 heterocycles. The van der Waals surface area contributed by atoms with Crippen LogP contribution in [0.4, 0.5) is 0 Å². The third-order valence-electron chi connectivity index (χ3n) is 14.0. The monoisotopic (exact) mass is 1180 g/mol. The van der Waals surface area contributed by atoms with Gasteiger partial charge in [0.05, 0.1) is 26.4 Å². The highest BCUT2D eigenvalue weighted by molar-refractivity contribution is 7.47. The molecule has 0 aliphatic carbocycles. The summed E-state index contributed by atoms with van der Waals surface area (Å²) >= 11 is 0. The number of esters is 4. The van der Waals surface area contributed by atoms with Gasteiger partial charge in [0.1, 0.15) is 19.3 Å². The molecule has 0 radical (unpaired) electrons. The van der Waals surface area contributed by atoms with Gasteiger partial charge in [-0.05, 0) is 37.5 Å². The number of unbranched alkanes of at least 4 members (excludes halogenated alkanes) is 30. The van der Waals surface area contributed by atoms with Crippen LogP contribution in [-0.4, -0.2) is 96.7 Å². The van der Waals surface area contributed by atoms with Crippen molar-refractivity contribution >= 4 is 39.5 Å². The molecule has 0 saturated carbocycles. The number of phosphoric acid groups is 2. The summed E-state index contributed by atoms with van der Waals surface area (Å²) in [5.74, 6) is -0.737. The molecule has 0 saturated heterocycles. The van der Waals surface area contributed by atoms with Crippen LogP contribution in [0.2, 0.25) is 0 Å². The van der Waals surface area contributed by atoms with Gasteiger partial charge in [-0.1, -0.05) is 247 Å². The fraction of sp³-hybridized carbons (Fsp3) is 0.934. The van der Waals surface area contributed by atoms with Crippen LogP contribution in [0.1, 0.15) is 298 Å². The van der Waals surface area contributed by atoms with Crippen LogP contribution in [0.3, 0.4) is 0 Å². The molecule has 0 rings (SSSR count). The van der Waals surface area contributed by atoms with Gasteiger partial charge in [-0.25, -0.2) is 9.13 Å². The van der Waals surface area contributed by atoms with Crippen molar-refractivity contribution in [3.63, 3.8) is 0 Å². The lowest BCUT2D eigenvalue weighted by molar-refractivity contribution is -0.161. The number of carbonyl (C=O) groups excluding carboxylic acids is 4. The lowest BCUT2D eigenvalue weighted by Crippen LogP contribution is -2.30. The van der Waals surface area contributed by atoms with Crippen LogP contribution in [0.15, 0.2) is 0 Å². The fourth-order valence-electron chi connectivity index (χ4n) is 9.00. The summed E-state index contributed by atoms with van der Waals surface area (Å²) in [4.78, 5) is 72.0. The Bertz CT molecular complexity index is 1580. The third-order valence-corrected chi connectivity index (χ3v) is 15.9. The molecule has 0 fully saturated rings. The smallest absolute Gasteiger partial charge is 0.462 e. The second-order valence-electron chi connectivity index (χ2n) is 23.0. The molecule has 0 aromatic heterocycles. The number of aliphatic hydroxyl groups excluding tert-OH is 1. The lowest BCUT2D eigenvalue weighted by atomic mass is 10.0. The highest BCUT2D eigenvalue weighted by atomic mass is 31.2. The Kier molecular flexibility index (Phi) is 52.5. The molecule has 0 aromatic carbocycles. The summed E-state index contributed by atoms with van der Waals surface area (Å²) < 4.78 is 67.8. The summed E-state index contributed by atoms with van der Waals surface area (Å²) in [6.07, 6.45) is 35.0. The van der Waals surface area contributed by atoms with E-state index in [1.165, 1.54) is 116 Å². The first-order valence-corrected chi connectivity index (χ1v) is 35.0. The van der Waals surface area contributed by atoms with Gasteiger partial charge in [0.15, 0.2) is 12.2 Å². The van der Waals surface area contributed by atoms with Crippen molar-refractivity contribution in [2.24, 2.45) is 11.8 Å². The number of aliphatic hydroxyl groups is 1. The minimum absolute atomic E-state index is 0.102. The van der Waals surface area contributed by atoms with Crippen LogP contribution >= 0.6 is 15.6 Å². The van der Waals surface area contributed by atoms with E-state index >= 15 is 0 Å². The predicted molar refractivity (Wildman–Crippen MR) is 317 cm³/mol. The normalized spacial score (nSPS) is 14.4. The number of phosphoric ester groups is 2. The van der Waals surface area contributed by atoms with Gasteiger partial charge in [0.25, 0.3) is 0 Å². The highest BCUT2D eigenvalue weighted by Crippen LogP contribution is 2.45. The molecular weight excluding hydrogens is 1070 g/mol. The van der Waals surface area contributed by atoms with Gasteiger partial charge in [-0.2, -0.15) is 0 Å². The van der Waals surface area contributed by atoms with E-state index in [-0.39, 0.29) is 25.7 Å². The molecule has 17 nitrogen and oxygen atoms in total. The molecule has 0 spiro atoms. The zero-order chi connectivity index (χ0) is 59.4. The van der Waals surface area contributed by atoms with Crippen molar-refractivity contribution in [3.8, 4) is 0 Å². The Balaban J connectivity index is 5.23. The zero-order valence-electron chi connectivity index (χ0n) is 51.4. The van der Waals surface area contributed by atoms with Crippen molar-refractivity contribution < 1.29 is 80.2 Å². The molecule has 0 aliphatic rings. The topological polar surface area (TPSA) is 237 Å². The molecular formula is C61H118O17P2. The van der Waals surface area contributed by atoms with Gasteiger partial charge in [0.2, 0.25) is 0 Å². The minimum Gasteiger partial charge on any atom is -0.462 e. The van der Waals surface area contributed by atoms with Gasteiger partial charge >= 0.3 is 39.5 Å². The van der Waals surface area contributed by atoms with Crippen molar-refractivity contribution in [1.82, 2.24) is 0 Å². The highest BCUT2D eigenvalue weighted by Gasteiger charge is 2.30. The Morgan fingerprint density at radius 3 is 0.850 bits per heavy atom. The molecule has 3 N–H and O–H groups in total. The Morgan fingerprint density at radius 1 is 0.338 bits per heavy atom. The molecule has 0 aliphatic heterocycles. The van der Waals surface area contributed by atoms with E-state index in [2.05, 4.69) is 41.5 Å². The lowest BCUT2D eigenvalue weighted by Gasteiger charge is -2.21. The van der Waals surface area contributed by atoms with Crippen molar-refractivity contribution in [1.29, 1.82) is 0 Å². The van der Waals surface area contributed by atoms with E-state index in [1.807, 2.05) is 0 Å². The Hall–Kier alpha value is -1.94. The van der Waals surface area contributed by atoms with Crippen LogP contribution in [-0.2, 0) is 65.4 Å². The van der Waals surface area contributed by atoms with Crippen LogP contribution < -0.4 is 0 Å². The SMILES string of the molecule is CCCCCCCCCCCCC(=O)OC[C@H](COP(=O)(O)OC[C@@H](O)COP(=O)(O)OC[C@@H](COC(=O)CCCCCCCCCCC)OC(=O)CCCCCCCCC(C)C)OC(=O)CCCCCCCCCCCC(C)C. The molecule has 0 amide bonds. The van der Waals surface area contributed by atoms with Crippen molar-refractivity contribution in [2.75, 3.05) is 39.6 Å². The maximum absolute atomic E-state index is 12.9. The average Bonchev–Trinajstić information content (AvgIpc) is 3.41. The molecule has 5 atom stereocenters. The van der Waals surface area contributed by atoms with Crippen molar-refractivity contribution in [3.05, 3.63) is 0 Å². The second kappa shape index (κ2) is 53.8. The Labute approximate surface area is 486 Å². The summed E-state index contributed by atoms with van der Waals surface area (Å²) in [5, 5.41) is 10.5. The molecule has 19 heteroatoms. The summed E-state index contributed by atoms with van der Waals surface area (Å²) in [6.45, 7) is 9.33. The summed E-state index contributed by atoms with van der Waals surface area (Å²) in [6, 6.07) is 0. The Morgan fingerprint density at radius 2 is 0.575 bits per heavy atom. The van der Waals surface area contributed by atoms with Crippen molar-refractivity contribution in [2.45, 2.75) is 317 Å². The van der Waals surface area contributed by atoms with Gasteiger partial charge in [-0.3, -0.25) is 37.3 Å². The second-order valence-corrected chi connectivity index (χ2v) is 25.9. The average molecular weight is 1190 g/mol. The number of hydrogen-bond acceptors (Lipinski definition) is 15. The van der Waals surface area contributed by atoms with E-state index in [1.54, 1.807) is 0 Å². The summed E-state index contributed by atoms with van der Waals surface area (Å²) in [7, 11) is -9.88. The van der Waals surface area contributed by atoms with Crippen LogP contribution in [0.25, 0.3) is 0 Å². The number of carbonyl (C=O) groups is 4. The largest absolute Gasteiger partial charge is 0.472 e. The first kappa shape index (κ1) is 78.1. The van der Waals surface area contributed by atoms with Gasteiger partial charge in [-0.15, -0.1) is 0 Å². The quantitative estimate of drug-likeness (QED) is 0.0222. The number of rotatable bonds is 60. The summed E-state index contributed by atoms with van der Waals surface area (Å²) in [5.41, 5.74) is 0. The van der Waals surface area contributed by atoms with Crippen LogP contribution in [0, 0.1) is 11.8 Å². The molecule has 0 aromatic rings. The van der Waals surface area contributed by atoms with E-state index in [4.69, 9.17) is 37.0 Å². The van der Waals surface area contributed by atoms with E-state index in [0.717, 1.165) is 95.8 Å². The standard InChI is InChI=1S/C61H118O17P2/c1-7-9-11-13-15-17-21-25-32-38-44-59(64)72-49-56(77-60(65)45-39-33-26-22-18-20-23-29-35-41-53(3)4)51-75-79(67,68)73-47-55(62)48-74-80(69,70)76-52-57(78-61(66)46-40-34-28-27-30-36-42-54(5)6)50-71-58(63)43-37-31-24-19-16-14-12-10-8-2/h53-57,62H,7-52H2,1-6H3,(H,67,68)(H,69,70)/t55-,56-,57-/m1/s1. The van der Waals surface area contributed by atoms with E-state index in [0.29, 0.717) is 31.6 Å². The van der Waals surface area contributed by atoms with Crippen LogP contribution in [0.5, 0.6) is 0 Å². The zero-order valence-corrected chi connectivity index (χ0v) is 53.2. The van der Waals surface area contributed by atoms with E-state index < -0.39 is 97.5 Å². The first-order chi connectivity index (χ1) is 38.4. The molecule has 0 bridgehead atoms. The maximum Gasteiger partial charge on any atom is 0.472 e. The van der Waals surface area contributed by atoms with E-state index in [9.17, 15) is 43.2 Å². The van der Waals surface area contributed by atoms with Gasteiger partial charge < -0.3 is 33.8 Å². The molecule has 2 unspecified atom stereocenters. The fourth-order valence-corrected chi connectivity index (χ4v) is 10.6. The maximum atomic E-state index is 12.9. The number of ether oxygens (including phenoxy) is 4. The first-order valence-electron chi connectivity index (χ1n) is 32.0. The number of hydrogen-bond donors (Lipinski definition) is 3. The molecule has 80 heavy (non-hydrogen) atoms. The minimum atomic E-state index is -4.94. The predicted octanol–water partition coefficient (Wildman–Crippen LogP) is 16.5. The van der Waals surface area contributed by atoms with Gasteiger partial charge in [0, 0.05) is 25.7 Å². The third kappa shape index (κ3) is 55.3.